The summed E-state index contributed by atoms with van der Waals surface area (Å²) in [6.45, 7) is 3.63. The zero-order valence-corrected chi connectivity index (χ0v) is 11.4. The van der Waals surface area contributed by atoms with Crippen LogP contribution in [0.25, 0.3) is 0 Å². The van der Waals surface area contributed by atoms with Crippen LogP contribution in [-0.4, -0.2) is 57.0 Å². The van der Waals surface area contributed by atoms with Crippen LogP contribution >= 0.6 is 0 Å². The van der Waals surface area contributed by atoms with Gasteiger partial charge >= 0.3 is 0 Å². The quantitative estimate of drug-likeness (QED) is 0.591. The van der Waals surface area contributed by atoms with Crippen molar-refractivity contribution in [2.75, 3.05) is 25.4 Å². The lowest BCUT2D eigenvalue weighted by atomic mass is 10.1. The van der Waals surface area contributed by atoms with E-state index in [0.717, 1.165) is 6.54 Å². The van der Waals surface area contributed by atoms with E-state index in [1.54, 1.807) is 0 Å². The molecule has 18 heavy (non-hydrogen) atoms. The minimum atomic E-state index is -2.97. The Balaban J connectivity index is 1.78. The number of piperazine rings is 1. The normalized spacial score (nSPS) is 35.3. The molecule has 3 N–H and O–H groups in total. The van der Waals surface area contributed by atoms with E-state index in [9.17, 15) is 13.2 Å². The first-order valence-corrected chi connectivity index (χ1v) is 8.16. The number of amides is 1. The highest BCUT2D eigenvalue weighted by Crippen LogP contribution is 2.18. The third-order valence-electron chi connectivity index (χ3n) is 3.62. The van der Waals surface area contributed by atoms with Crippen molar-refractivity contribution in [2.45, 2.75) is 37.1 Å². The predicted octanol–water partition coefficient (Wildman–Crippen LogP) is -1.37. The van der Waals surface area contributed by atoms with Crippen LogP contribution in [0.15, 0.2) is 0 Å². The van der Waals surface area contributed by atoms with E-state index in [1.807, 2.05) is 6.92 Å². The monoisotopic (exact) mass is 275 g/mol. The molecule has 2 heterocycles. The number of rotatable bonds is 3. The van der Waals surface area contributed by atoms with Gasteiger partial charge in [0.25, 0.3) is 0 Å². The van der Waals surface area contributed by atoms with Crippen molar-refractivity contribution < 1.29 is 13.2 Å². The van der Waals surface area contributed by atoms with Gasteiger partial charge in [0, 0.05) is 25.7 Å². The van der Waals surface area contributed by atoms with E-state index in [0.29, 0.717) is 25.4 Å². The Morgan fingerprint density at radius 2 is 2.11 bits per heavy atom. The maximum atomic E-state index is 11.9. The molecule has 2 saturated heterocycles. The third-order valence-corrected chi connectivity index (χ3v) is 5.90. The first-order chi connectivity index (χ1) is 8.49. The Morgan fingerprint density at radius 3 is 2.67 bits per heavy atom. The minimum Gasteiger partial charge on any atom is -0.353 e. The molecular weight excluding hydrogens is 254 g/mol. The van der Waals surface area contributed by atoms with Crippen LogP contribution in [-0.2, 0) is 14.6 Å². The summed E-state index contributed by atoms with van der Waals surface area (Å²) >= 11 is 0. The second-order valence-corrected chi connectivity index (χ2v) is 7.55. The van der Waals surface area contributed by atoms with Crippen LogP contribution in [0.3, 0.4) is 0 Å². The van der Waals surface area contributed by atoms with E-state index >= 15 is 0 Å². The Bertz CT molecular complexity index is 402. The fourth-order valence-electron chi connectivity index (χ4n) is 2.39. The molecule has 3 unspecified atom stereocenters. The molecule has 2 aliphatic heterocycles. The summed E-state index contributed by atoms with van der Waals surface area (Å²) < 4.78 is 23.2. The minimum absolute atomic E-state index is 0.114. The Kier molecular flexibility index (Phi) is 4.24. The van der Waals surface area contributed by atoms with Crippen molar-refractivity contribution >= 4 is 15.7 Å². The molecule has 3 atom stereocenters. The van der Waals surface area contributed by atoms with Crippen LogP contribution in [0.5, 0.6) is 0 Å². The van der Waals surface area contributed by atoms with Crippen LogP contribution in [0.2, 0.25) is 0 Å². The predicted molar refractivity (Wildman–Crippen MR) is 69.1 cm³/mol. The van der Waals surface area contributed by atoms with Crippen molar-refractivity contribution in [3.63, 3.8) is 0 Å². The molecule has 0 radical (unpaired) electrons. The lowest BCUT2D eigenvalue weighted by molar-refractivity contribution is -0.123. The van der Waals surface area contributed by atoms with Crippen LogP contribution in [0, 0.1) is 0 Å². The summed E-state index contributed by atoms with van der Waals surface area (Å²) in [7, 11) is -2.97. The fraction of sp³-hybridized carbons (Fsp3) is 0.909. The first kappa shape index (κ1) is 13.8. The van der Waals surface area contributed by atoms with E-state index < -0.39 is 15.1 Å². The molecule has 0 aromatic heterocycles. The van der Waals surface area contributed by atoms with Gasteiger partial charge in [-0.1, -0.05) is 0 Å². The zero-order chi connectivity index (χ0) is 13.2. The Labute approximate surface area is 108 Å². The van der Waals surface area contributed by atoms with Gasteiger partial charge in [-0.15, -0.1) is 0 Å². The smallest absolute Gasteiger partial charge is 0.238 e. The summed E-state index contributed by atoms with van der Waals surface area (Å²) in [6.07, 6.45) is 1.37. The summed E-state index contributed by atoms with van der Waals surface area (Å²) in [5.74, 6) is 0.144. The molecule has 2 fully saturated rings. The van der Waals surface area contributed by atoms with Gasteiger partial charge in [-0.2, -0.15) is 0 Å². The molecule has 1 amide bonds. The van der Waals surface area contributed by atoms with Crippen LogP contribution < -0.4 is 16.0 Å². The van der Waals surface area contributed by atoms with E-state index in [-0.39, 0.29) is 24.2 Å². The van der Waals surface area contributed by atoms with Gasteiger partial charge in [0.2, 0.25) is 5.91 Å². The Morgan fingerprint density at radius 1 is 1.33 bits per heavy atom. The third kappa shape index (κ3) is 3.21. The molecule has 104 valence electrons. The molecule has 2 aliphatic rings. The van der Waals surface area contributed by atoms with Gasteiger partial charge in [0.15, 0.2) is 9.84 Å². The standard InChI is InChI=1S/C11H21N3O3S/c1-8-5-13-10(7-12-8)11(15)14-6-9-3-2-4-18(9,16)17/h8-10,12-13H,2-7H2,1H3,(H,14,15). The molecule has 0 saturated carbocycles. The number of nitrogens with one attached hydrogen (secondary N) is 3. The summed E-state index contributed by atoms with van der Waals surface area (Å²) in [5.41, 5.74) is 0. The number of carbonyl (C=O) groups is 1. The second kappa shape index (κ2) is 5.54. The highest BCUT2D eigenvalue weighted by atomic mass is 32.2. The fourth-order valence-corrected chi connectivity index (χ4v) is 4.16. The van der Waals surface area contributed by atoms with Gasteiger partial charge in [-0.25, -0.2) is 8.42 Å². The molecule has 2 rings (SSSR count). The lowest BCUT2D eigenvalue weighted by Gasteiger charge is -2.28. The van der Waals surface area contributed by atoms with E-state index in [4.69, 9.17) is 0 Å². The van der Waals surface area contributed by atoms with E-state index in [1.165, 1.54) is 0 Å². The summed E-state index contributed by atoms with van der Waals surface area (Å²) in [4.78, 5) is 11.9. The largest absolute Gasteiger partial charge is 0.353 e. The van der Waals surface area contributed by atoms with Crippen molar-refractivity contribution in [1.29, 1.82) is 0 Å². The average molecular weight is 275 g/mol. The van der Waals surface area contributed by atoms with Crippen molar-refractivity contribution in [3.8, 4) is 0 Å². The molecule has 0 aromatic rings. The van der Waals surface area contributed by atoms with Gasteiger partial charge in [0.1, 0.15) is 0 Å². The zero-order valence-electron chi connectivity index (χ0n) is 10.6. The molecule has 7 heteroatoms. The lowest BCUT2D eigenvalue weighted by Crippen LogP contribution is -2.59. The second-order valence-electron chi connectivity index (χ2n) is 5.15. The van der Waals surface area contributed by atoms with Gasteiger partial charge in [0.05, 0.1) is 17.0 Å². The topological polar surface area (TPSA) is 87.3 Å². The van der Waals surface area contributed by atoms with Crippen molar-refractivity contribution in [2.24, 2.45) is 0 Å². The van der Waals surface area contributed by atoms with Crippen LogP contribution in [0.4, 0.5) is 0 Å². The maximum Gasteiger partial charge on any atom is 0.238 e. The van der Waals surface area contributed by atoms with E-state index in [2.05, 4.69) is 16.0 Å². The molecule has 0 aromatic carbocycles. The number of hydrogen-bond acceptors (Lipinski definition) is 5. The Hall–Kier alpha value is -0.660. The highest BCUT2D eigenvalue weighted by Gasteiger charge is 2.32. The van der Waals surface area contributed by atoms with Crippen molar-refractivity contribution in [1.82, 2.24) is 16.0 Å². The molecule has 0 bridgehead atoms. The molecule has 6 nitrogen and oxygen atoms in total. The van der Waals surface area contributed by atoms with Crippen LogP contribution in [0.1, 0.15) is 19.8 Å². The van der Waals surface area contributed by atoms with Gasteiger partial charge in [-0.05, 0) is 19.8 Å². The maximum absolute atomic E-state index is 11.9. The number of sulfone groups is 1. The van der Waals surface area contributed by atoms with Gasteiger partial charge in [-0.3, -0.25) is 4.79 Å². The summed E-state index contributed by atoms with van der Waals surface area (Å²) in [5, 5.41) is 8.71. The summed E-state index contributed by atoms with van der Waals surface area (Å²) in [6, 6.07) is 0.106. The van der Waals surface area contributed by atoms with Gasteiger partial charge < -0.3 is 16.0 Å². The first-order valence-electron chi connectivity index (χ1n) is 6.45. The highest BCUT2D eigenvalue weighted by molar-refractivity contribution is 7.92. The SMILES string of the molecule is CC1CNC(C(=O)NCC2CCCS2(=O)=O)CN1. The number of hydrogen-bond donors (Lipinski definition) is 3. The van der Waals surface area contributed by atoms with Crippen molar-refractivity contribution in [3.05, 3.63) is 0 Å². The average Bonchev–Trinajstić information content (AvgIpc) is 2.66. The molecule has 0 spiro atoms. The molecular formula is C11H21N3O3S. The number of carbonyl (C=O) groups excluding carboxylic acids is 1. The molecule has 0 aliphatic carbocycles.